The summed E-state index contributed by atoms with van der Waals surface area (Å²) in [4.78, 5) is 30.9. The van der Waals surface area contributed by atoms with Gasteiger partial charge in [-0.05, 0) is 43.5 Å². The standard InChI is InChI=1S/C20H25N3O2/c1-5-23(6-2)20(25)18-13-9-12-17(21-18)19(24)22-16-11-8-7-10-15(16)14(3)4/h7-14H,5-6H2,1-4H3,(H,22,24). The molecule has 1 heterocycles. The van der Waals surface area contributed by atoms with E-state index in [0.29, 0.717) is 19.0 Å². The van der Waals surface area contributed by atoms with Crippen molar-refractivity contribution in [2.24, 2.45) is 0 Å². The molecular formula is C20H25N3O2. The number of carbonyl (C=O) groups is 2. The molecule has 0 unspecified atom stereocenters. The Kier molecular flexibility index (Phi) is 6.28. The number of nitrogens with one attached hydrogen (secondary N) is 1. The molecule has 0 saturated carbocycles. The molecular weight excluding hydrogens is 314 g/mol. The summed E-state index contributed by atoms with van der Waals surface area (Å²) in [5.41, 5.74) is 2.35. The monoisotopic (exact) mass is 339 g/mol. The van der Waals surface area contributed by atoms with Gasteiger partial charge in [0.05, 0.1) is 0 Å². The highest BCUT2D eigenvalue weighted by molar-refractivity contribution is 6.04. The normalized spacial score (nSPS) is 10.6. The predicted octanol–water partition coefficient (Wildman–Crippen LogP) is 3.94. The maximum atomic E-state index is 12.6. The van der Waals surface area contributed by atoms with Gasteiger partial charge in [0.15, 0.2) is 0 Å². The van der Waals surface area contributed by atoms with E-state index < -0.39 is 0 Å². The molecule has 0 aliphatic heterocycles. The quantitative estimate of drug-likeness (QED) is 0.867. The van der Waals surface area contributed by atoms with Crippen molar-refractivity contribution in [1.82, 2.24) is 9.88 Å². The van der Waals surface area contributed by atoms with Crippen molar-refractivity contribution < 1.29 is 9.59 Å². The van der Waals surface area contributed by atoms with Crippen LogP contribution in [0.15, 0.2) is 42.5 Å². The fraction of sp³-hybridized carbons (Fsp3) is 0.350. The smallest absolute Gasteiger partial charge is 0.274 e. The molecule has 1 aromatic heterocycles. The van der Waals surface area contributed by atoms with Gasteiger partial charge in [-0.25, -0.2) is 4.98 Å². The van der Waals surface area contributed by atoms with Crippen molar-refractivity contribution in [3.8, 4) is 0 Å². The van der Waals surface area contributed by atoms with E-state index in [-0.39, 0.29) is 23.2 Å². The molecule has 0 spiro atoms. The highest BCUT2D eigenvalue weighted by Gasteiger charge is 2.17. The first kappa shape index (κ1) is 18.6. The molecule has 1 aromatic carbocycles. The maximum absolute atomic E-state index is 12.6. The van der Waals surface area contributed by atoms with Crippen LogP contribution in [0.25, 0.3) is 0 Å². The van der Waals surface area contributed by atoms with Gasteiger partial charge in [-0.1, -0.05) is 38.1 Å². The SMILES string of the molecule is CCN(CC)C(=O)c1cccc(C(=O)Nc2ccccc2C(C)C)n1. The van der Waals surface area contributed by atoms with Gasteiger partial charge in [0.25, 0.3) is 11.8 Å². The topological polar surface area (TPSA) is 62.3 Å². The van der Waals surface area contributed by atoms with E-state index in [0.717, 1.165) is 11.3 Å². The zero-order chi connectivity index (χ0) is 18.4. The molecule has 0 bridgehead atoms. The number of rotatable bonds is 6. The van der Waals surface area contributed by atoms with Crippen LogP contribution in [0, 0.1) is 0 Å². The minimum absolute atomic E-state index is 0.165. The summed E-state index contributed by atoms with van der Waals surface area (Å²) in [6.07, 6.45) is 0. The fourth-order valence-electron chi connectivity index (χ4n) is 2.65. The summed E-state index contributed by atoms with van der Waals surface area (Å²) in [5.74, 6) is -0.190. The molecule has 0 aliphatic rings. The van der Waals surface area contributed by atoms with Crippen molar-refractivity contribution in [2.75, 3.05) is 18.4 Å². The largest absolute Gasteiger partial charge is 0.338 e. The third-order valence-electron chi connectivity index (χ3n) is 4.08. The number of hydrogen-bond donors (Lipinski definition) is 1. The second-order valence-electron chi connectivity index (χ2n) is 6.08. The number of carbonyl (C=O) groups excluding carboxylic acids is 2. The fourth-order valence-corrected chi connectivity index (χ4v) is 2.65. The van der Waals surface area contributed by atoms with E-state index in [1.54, 1.807) is 23.1 Å². The highest BCUT2D eigenvalue weighted by Crippen LogP contribution is 2.24. The lowest BCUT2D eigenvalue weighted by Gasteiger charge is -2.18. The Morgan fingerprint density at radius 2 is 1.64 bits per heavy atom. The number of pyridine rings is 1. The maximum Gasteiger partial charge on any atom is 0.274 e. The predicted molar refractivity (Wildman–Crippen MR) is 100.0 cm³/mol. The zero-order valence-electron chi connectivity index (χ0n) is 15.2. The first-order chi connectivity index (χ1) is 12.0. The van der Waals surface area contributed by atoms with E-state index in [2.05, 4.69) is 24.1 Å². The molecule has 0 aliphatic carbocycles. The minimum Gasteiger partial charge on any atom is -0.338 e. The molecule has 0 fully saturated rings. The van der Waals surface area contributed by atoms with Crippen LogP contribution in [-0.2, 0) is 0 Å². The van der Waals surface area contributed by atoms with E-state index in [4.69, 9.17) is 0 Å². The number of aromatic nitrogens is 1. The number of para-hydroxylation sites is 1. The van der Waals surface area contributed by atoms with Gasteiger partial charge in [-0.2, -0.15) is 0 Å². The Balaban J connectivity index is 2.24. The highest BCUT2D eigenvalue weighted by atomic mass is 16.2. The molecule has 0 atom stereocenters. The van der Waals surface area contributed by atoms with Gasteiger partial charge in [0.2, 0.25) is 0 Å². The molecule has 5 nitrogen and oxygen atoms in total. The van der Waals surface area contributed by atoms with Crippen molar-refractivity contribution in [3.05, 3.63) is 59.4 Å². The van der Waals surface area contributed by atoms with E-state index >= 15 is 0 Å². The lowest BCUT2D eigenvalue weighted by atomic mass is 10.0. The first-order valence-corrected chi connectivity index (χ1v) is 8.64. The molecule has 132 valence electrons. The second kappa shape index (κ2) is 8.42. The Labute approximate surface area is 149 Å². The van der Waals surface area contributed by atoms with Gasteiger partial charge in [-0.3, -0.25) is 9.59 Å². The van der Waals surface area contributed by atoms with Crippen LogP contribution in [0.1, 0.15) is 60.2 Å². The first-order valence-electron chi connectivity index (χ1n) is 8.64. The van der Waals surface area contributed by atoms with Crippen molar-refractivity contribution in [1.29, 1.82) is 0 Å². The number of hydrogen-bond acceptors (Lipinski definition) is 3. The van der Waals surface area contributed by atoms with Gasteiger partial charge in [0.1, 0.15) is 11.4 Å². The summed E-state index contributed by atoms with van der Waals surface area (Å²) < 4.78 is 0. The molecule has 25 heavy (non-hydrogen) atoms. The zero-order valence-corrected chi connectivity index (χ0v) is 15.2. The molecule has 0 radical (unpaired) electrons. The number of amides is 2. The lowest BCUT2D eigenvalue weighted by molar-refractivity contribution is 0.0767. The average Bonchev–Trinajstić information content (AvgIpc) is 2.63. The van der Waals surface area contributed by atoms with Gasteiger partial charge < -0.3 is 10.2 Å². The van der Waals surface area contributed by atoms with Crippen LogP contribution < -0.4 is 5.32 Å². The molecule has 0 saturated heterocycles. The number of benzene rings is 1. The number of nitrogens with zero attached hydrogens (tertiary/aromatic N) is 2. The summed E-state index contributed by atoms with van der Waals surface area (Å²) in [7, 11) is 0. The third kappa shape index (κ3) is 4.44. The van der Waals surface area contributed by atoms with E-state index in [1.807, 2.05) is 38.1 Å². The van der Waals surface area contributed by atoms with Gasteiger partial charge >= 0.3 is 0 Å². The van der Waals surface area contributed by atoms with Gasteiger partial charge in [-0.15, -0.1) is 0 Å². The Bertz CT molecular complexity index is 752. The summed E-state index contributed by atoms with van der Waals surface area (Å²) in [5, 5.41) is 2.91. The summed E-state index contributed by atoms with van der Waals surface area (Å²) >= 11 is 0. The summed E-state index contributed by atoms with van der Waals surface area (Å²) in [6, 6.07) is 12.6. The molecule has 1 N–H and O–H groups in total. The third-order valence-corrected chi connectivity index (χ3v) is 4.08. The van der Waals surface area contributed by atoms with Crippen molar-refractivity contribution in [2.45, 2.75) is 33.6 Å². The molecule has 2 amide bonds. The van der Waals surface area contributed by atoms with E-state index in [1.165, 1.54) is 0 Å². The van der Waals surface area contributed by atoms with Crippen LogP contribution in [0.3, 0.4) is 0 Å². The van der Waals surface area contributed by atoms with Crippen molar-refractivity contribution >= 4 is 17.5 Å². The Hall–Kier alpha value is -2.69. The molecule has 2 aromatic rings. The molecule has 2 rings (SSSR count). The van der Waals surface area contributed by atoms with Crippen LogP contribution in [0.2, 0.25) is 0 Å². The second-order valence-corrected chi connectivity index (χ2v) is 6.08. The molecule has 5 heteroatoms. The Morgan fingerprint density at radius 1 is 1.00 bits per heavy atom. The summed E-state index contributed by atoms with van der Waals surface area (Å²) in [6.45, 7) is 9.20. The number of anilines is 1. The van der Waals surface area contributed by atoms with Crippen LogP contribution in [-0.4, -0.2) is 34.8 Å². The van der Waals surface area contributed by atoms with Gasteiger partial charge in [0, 0.05) is 18.8 Å². The van der Waals surface area contributed by atoms with Crippen LogP contribution in [0.4, 0.5) is 5.69 Å². The minimum atomic E-state index is -0.317. The lowest BCUT2D eigenvalue weighted by Crippen LogP contribution is -2.31. The van der Waals surface area contributed by atoms with Crippen LogP contribution in [0.5, 0.6) is 0 Å². The average molecular weight is 339 g/mol. The Morgan fingerprint density at radius 3 is 2.28 bits per heavy atom. The van der Waals surface area contributed by atoms with Crippen LogP contribution >= 0.6 is 0 Å². The van der Waals surface area contributed by atoms with E-state index in [9.17, 15) is 9.59 Å². The van der Waals surface area contributed by atoms with Crippen molar-refractivity contribution in [3.63, 3.8) is 0 Å².